The Labute approximate surface area is 253 Å². The topological polar surface area (TPSA) is 57.2 Å². The first-order chi connectivity index (χ1) is 17.6. The average molecular weight is 545 g/mol. The molecule has 0 aliphatic rings. The van der Waals surface area contributed by atoms with Crippen molar-refractivity contribution in [2.45, 2.75) is 172 Å². The second-order valence-electron chi connectivity index (χ2n) is 10.9. The van der Waals surface area contributed by atoms with E-state index in [0.29, 0.717) is 12.0 Å². The second-order valence-corrected chi connectivity index (χ2v) is 12.3. The largest absolute Gasteiger partial charge is 1.00 e. The van der Waals surface area contributed by atoms with Crippen molar-refractivity contribution in [1.82, 2.24) is 0 Å². The maximum Gasteiger partial charge on any atom is 1.00 e. The molecular formula is C32H57NaO3S. The predicted molar refractivity (Wildman–Crippen MR) is 155 cm³/mol. The van der Waals surface area contributed by atoms with E-state index in [4.69, 9.17) is 0 Å². The van der Waals surface area contributed by atoms with Gasteiger partial charge in [0.1, 0.15) is 10.1 Å². The molecule has 0 spiro atoms. The fourth-order valence-corrected chi connectivity index (χ4v) is 5.97. The molecule has 1 aromatic carbocycles. The third-order valence-corrected chi connectivity index (χ3v) is 8.48. The van der Waals surface area contributed by atoms with Gasteiger partial charge in [-0.2, -0.15) is 0 Å². The SMILES string of the molecule is CCCCCCCCCCCCCCCCCCCCCCCCCCc1ccccc1S(=O)(=O)[O-].[Na+]. The van der Waals surface area contributed by atoms with Gasteiger partial charge >= 0.3 is 29.6 Å². The van der Waals surface area contributed by atoms with Crippen LogP contribution in [0.1, 0.15) is 167 Å². The molecule has 0 unspecified atom stereocenters. The minimum atomic E-state index is -4.36. The molecule has 0 heterocycles. The molecule has 0 N–H and O–H groups in total. The molecule has 3 nitrogen and oxygen atoms in total. The van der Waals surface area contributed by atoms with Crippen LogP contribution in [0.4, 0.5) is 0 Å². The first-order valence-corrected chi connectivity index (χ1v) is 17.0. The monoisotopic (exact) mass is 544 g/mol. The quantitative estimate of drug-likeness (QED) is 0.0688. The predicted octanol–water partition coefficient (Wildman–Crippen LogP) is 7.52. The van der Waals surface area contributed by atoms with Crippen LogP contribution >= 0.6 is 0 Å². The van der Waals surface area contributed by atoms with E-state index in [-0.39, 0.29) is 34.5 Å². The van der Waals surface area contributed by atoms with Crippen molar-refractivity contribution in [1.29, 1.82) is 0 Å². The summed E-state index contributed by atoms with van der Waals surface area (Å²) in [6.45, 7) is 2.29. The second kappa shape index (κ2) is 26.4. The average Bonchev–Trinajstić information content (AvgIpc) is 2.86. The Morgan fingerprint density at radius 3 is 1.14 bits per heavy atom. The molecule has 0 bridgehead atoms. The van der Waals surface area contributed by atoms with Crippen LogP contribution in [0.5, 0.6) is 0 Å². The summed E-state index contributed by atoms with van der Waals surface area (Å²) < 4.78 is 34.0. The standard InChI is InChI=1S/C32H58O3S.Na/c1-2-3-4-5-6-7-8-9-10-11-12-13-14-15-16-17-18-19-20-21-22-23-24-25-28-31-29-26-27-30-32(31)36(33,34)35;/h26-27,29-30H,2-25,28H2,1H3,(H,33,34,35);/q;+1/p-1. The summed E-state index contributed by atoms with van der Waals surface area (Å²) in [6, 6.07) is 6.62. The molecule has 0 aliphatic heterocycles. The van der Waals surface area contributed by atoms with E-state index < -0.39 is 10.1 Å². The van der Waals surface area contributed by atoms with Gasteiger partial charge in [-0.1, -0.05) is 173 Å². The summed E-state index contributed by atoms with van der Waals surface area (Å²) in [6.07, 6.45) is 33.6. The van der Waals surface area contributed by atoms with Crippen LogP contribution in [-0.2, 0) is 16.5 Å². The Balaban J connectivity index is 0.0000130. The fraction of sp³-hybridized carbons (Fsp3) is 0.812. The van der Waals surface area contributed by atoms with Gasteiger partial charge in [-0.25, -0.2) is 8.42 Å². The molecule has 5 heteroatoms. The van der Waals surface area contributed by atoms with Crippen molar-refractivity contribution in [2.75, 3.05) is 0 Å². The van der Waals surface area contributed by atoms with Gasteiger partial charge in [-0.3, -0.25) is 0 Å². The number of hydrogen-bond donors (Lipinski definition) is 0. The van der Waals surface area contributed by atoms with Crippen LogP contribution in [0.25, 0.3) is 0 Å². The third-order valence-electron chi connectivity index (χ3n) is 7.54. The van der Waals surface area contributed by atoms with Gasteiger partial charge < -0.3 is 4.55 Å². The zero-order valence-electron chi connectivity index (χ0n) is 24.6. The van der Waals surface area contributed by atoms with E-state index in [2.05, 4.69) is 6.92 Å². The number of unbranched alkanes of at least 4 members (excludes halogenated alkanes) is 23. The minimum absolute atomic E-state index is 0. The smallest absolute Gasteiger partial charge is 0.744 e. The Kier molecular flexibility index (Phi) is 26.5. The van der Waals surface area contributed by atoms with Crippen LogP contribution in [0.15, 0.2) is 29.2 Å². The molecule has 0 radical (unpaired) electrons. The zero-order chi connectivity index (χ0) is 26.2. The van der Waals surface area contributed by atoms with Crippen LogP contribution in [0, 0.1) is 0 Å². The van der Waals surface area contributed by atoms with Crippen LogP contribution in [-0.4, -0.2) is 13.0 Å². The molecule has 0 aliphatic carbocycles. The number of hydrogen-bond acceptors (Lipinski definition) is 3. The number of rotatable bonds is 26. The van der Waals surface area contributed by atoms with Crippen molar-refractivity contribution in [3.8, 4) is 0 Å². The summed E-state index contributed by atoms with van der Waals surface area (Å²) >= 11 is 0. The molecule has 0 saturated carbocycles. The van der Waals surface area contributed by atoms with Gasteiger partial charge in [0.15, 0.2) is 0 Å². The summed E-state index contributed by atoms with van der Waals surface area (Å²) in [5.74, 6) is 0. The van der Waals surface area contributed by atoms with E-state index in [9.17, 15) is 13.0 Å². The molecule has 37 heavy (non-hydrogen) atoms. The van der Waals surface area contributed by atoms with Gasteiger partial charge in [0.2, 0.25) is 0 Å². The summed E-state index contributed by atoms with van der Waals surface area (Å²) in [4.78, 5) is -0.0425. The van der Waals surface area contributed by atoms with Gasteiger partial charge in [-0.05, 0) is 24.5 Å². The van der Waals surface area contributed by atoms with E-state index >= 15 is 0 Å². The molecule has 0 atom stereocenters. The maximum atomic E-state index is 11.3. The van der Waals surface area contributed by atoms with Gasteiger partial charge in [-0.15, -0.1) is 0 Å². The van der Waals surface area contributed by atoms with Crippen molar-refractivity contribution < 1.29 is 42.5 Å². The Bertz CT molecular complexity index is 720. The summed E-state index contributed by atoms with van der Waals surface area (Å²) in [5, 5.41) is 0. The van der Waals surface area contributed by atoms with E-state index in [1.807, 2.05) is 6.07 Å². The molecule has 1 aromatic rings. The Morgan fingerprint density at radius 1 is 0.514 bits per heavy atom. The summed E-state index contributed by atoms with van der Waals surface area (Å²) in [5.41, 5.74) is 0.673. The molecule has 0 aromatic heterocycles. The normalized spacial score (nSPS) is 11.5. The number of aryl methyl sites for hydroxylation is 1. The van der Waals surface area contributed by atoms with Crippen LogP contribution in [0.3, 0.4) is 0 Å². The molecule has 0 saturated heterocycles. The van der Waals surface area contributed by atoms with Gasteiger partial charge in [0.25, 0.3) is 0 Å². The van der Waals surface area contributed by atoms with Gasteiger partial charge in [0, 0.05) is 0 Å². The van der Waals surface area contributed by atoms with Crippen molar-refractivity contribution in [3.63, 3.8) is 0 Å². The fourth-order valence-electron chi connectivity index (χ4n) is 5.23. The number of benzene rings is 1. The molecule has 210 valence electrons. The van der Waals surface area contributed by atoms with Crippen molar-refractivity contribution in [2.24, 2.45) is 0 Å². The first kappa shape index (κ1) is 37.1. The molecular weight excluding hydrogens is 487 g/mol. The maximum absolute atomic E-state index is 11.3. The Morgan fingerprint density at radius 2 is 0.811 bits per heavy atom. The van der Waals surface area contributed by atoms with E-state index in [1.54, 1.807) is 12.1 Å². The molecule has 1 rings (SSSR count). The summed E-state index contributed by atoms with van der Waals surface area (Å²) in [7, 11) is -4.36. The van der Waals surface area contributed by atoms with Crippen LogP contribution in [0.2, 0.25) is 0 Å². The van der Waals surface area contributed by atoms with Crippen LogP contribution < -0.4 is 29.6 Å². The molecule has 0 fully saturated rings. The van der Waals surface area contributed by atoms with E-state index in [1.165, 1.54) is 147 Å². The molecule has 0 amide bonds. The zero-order valence-corrected chi connectivity index (χ0v) is 27.4. The third kappa shape index (κ3) is 22.6. The van der Waals surface area contributed by atoms with Gasteiger partial charge in [0.05, 0.1) is 4.90 Å². The minimum Gasteiger partial charge on any atom is -0.744 e. The first-order valence-electron chi connectivity index (χ1n) is 15.6. The Hall–Kier alpha value is 0.130. The van der Waals surface area contributed by atoms with Crippen molar-refractivity contribution >= 4 is 10.1 Å². The van der Waals surface area contributed by atoms with E-state index in [0.717, 1.165) is 12.8 Å². The van der Waals surface area contributed by atoms with Crippen molar-refractivity contribution in [3.05, 3.63) is 29.8 Å².